The first kappa shape index (κ1) is 26.4. The molecule has 7 heteroatoms. The fourth-order valence-corrected chi connectivity index (χ4v) is 4.71. The Labute approximate surface area is 226 Å². The van der Waals surface area contributed by atoms with Crippen LogP contribution < -0.4 is 15.4 Å². The molecule has 188 valence electrons. The zero-order valence-electron chi connectivity index (χ0n) is 20.7. The summed E-state index contributed by atoms with van der Waals surface area (Å²) < 4.78 is 5.89. The summed E-state index contributed by atoms with van der Waals surface area (Å²) in [5.41, 5.74) is 3.82. The predicted octanol–water partition coefficient (Wildman–Crippen LogP) is 7.56. The standard InChI is InChI=1S/C30H28N2O3S2/c1-21-3-15-27(16-4-21)36-19-29(33)31-23-7-11-25(12-8-23)35-26-13-9-24(10-14-26)32-30(34)20-37-28-17-5-22(2)6-18-28/h3-18H,19-20H2,1-2H3,(H,31,33)(H,32,34). The molecule has 0 unspecified atom stereocenters. The van der Waals surface area contributed by atoms with E-state index in [2.05, 4.69) is 10.6 Å². The lowest BCUT2D eigenvalue weighted by atomic mass is 10.2. The summed E-state index contributed by atoms with van der Waals surface area (Å²) >= 11 is 3.01. The summed E-state index contributed by atoms with van der Waals surface area (Å²) in [6.45, 7) is 4.08. The van der Waals surface area contributed by atoms with E-state index < -0.39 is 0 Å². The van der Waals surface area contributed by atoms with Crippen LogP contribution in [0.1, 0.15) is 11.1 Å². The number of anilines is 2. The molecule has 0 heterocycles. The number of carbonyl (C=O) groups is 2. The van der Waals surface area contributed by atoms with Crippen molar-refractivity contribution < 1.29 is 14.3 Å². The molecule has 4 aromatic rings. The van der Waals surface area contributed by atoms with Crippen molar-refractivity contribution in [3.8, 4) is 11.5 Å². The van der Waals surface area contributed by atoms with Gasteiger partial charge in [-0.15, -0.1) is 23.5 Å². The van der Waals surface area contributed by atoms with Gasteiger partial charge in [-0.2, -0.15) is 0 Å². The minimum absolute atomic E-state index is 0.0610. The van der Waals surface area contributed by atoms with E-state index in [-0.39, 0.29) is 11.8 Å². The lowest BCUT2D eigenvalue weighted by molar-refractivity contribution is -0.114. The third-order valence-corrected chi connectivity index (χ3v) is 7.32. The molecule has 4 rings (SSSR count). The number of hydrogen-bond acceptors (Lipinski definition) is 5. The third-order valence-electron chi connectivity index (χ3n) is 5.29. The highest BCUT2D eigenvalue weighted by Gasteiger charge is 2.07. The van der Waals surface area contributed by atoms with E-state index in [0.717, 1.165) is 9.79 Å². The van der Waals surface area contributed by atoms with Crippen LogP contribution in [0.15, 0.2) is 107 Å². The number of aryl methyl sites for hydroxylation is 2. The molecule has 0 aliphatic rings. The number of carbonyl (C=O) groups excluding carboxylic acids is 2. The first-order valence-electron chi connectivity index (χ1n) is 11.8. The van der Waals surface area contributed by atoms with Gasteiger partial charge in [-0.3, -0.25) is 9.59 Å². The highest BCUT2D eigenvalue weighted by Crippen LogP contribution is 2.25. The molecule has 0 saturated carbocycles. The summed E-state index contributed by atoms with van der Waals surface area (Å²) in [5.74, 6) is 1.86. The van der Waals surface area contributed by atoms with Crippen molar-refractivity contribution >= 4 is 46.7 Å². The lowest BCUT2D eigenvalue weighted by Crippen LogP contribution is -2.13. The lowest BCUT2D eigenvalue weighted by Gasteiger charge is -2.10. The Morgan fingerprint density at radius 1 is 0.568 bits per heavy atom. The first-order chi connectivity index (χ1) is 17.9. The largest absolute Gasteiger partial charge is 0.457 e. The SMILES string of the molecule is Cc1ccc(SCC(=O)Nc2ccc(Oc3ccc(NC(=O)CSc4ccc(C)cc4)cc3)cc2)cc1. The van der Waals surface area contributed by atoms with E-state index >= 15 is 0 Å². The van der Waals surface area contributed by atoms with Crippen molar-refractivity contribution in [3.05, 3.63) is 108 Å². The molecule has 0 bridgehead atoms. The van der Waals surface area contributed by atoms with E-state index in [0.29, 0.717) is 34.4 Å². The Balaban J connectivity index is 1.21. The topological polar surface area (TPSA) is 67.4 Å². The molecule has 0 saturated heterocycles. The number of ether oxygens (including phenoxy) is 1. The second-order valence-electron chi connectivity index (χ2n) is 8.45. The van der Waals surface area contributed by atoms with E-state index in [1.807, 2.05) is 86.6 Å². The second-order valence-corrected chi connectivity index (χ2v) is 10.5. The van der Waals surface area contributed by atoms with Crippen LogP contribution in [0.4, 0.5) is 11.4 Å². The van der Waals surface area contributed by atoms with Gasteiger partial charge in [-0.05, 0) is 86.6 Å². The molecule has 4 aromatic carbocycles. The Bertz CT molecular complexity index is 1220. The zero-order chi connectivity index (χ0) is 26.0. The average molecular weight is 529 g/mol. The van der Waals surface area contributed by atoms with Crippen LogP contribution >= 0.6 is 23.5 Å². The number of benzene rings is 4. The molecule has 0 aromatic heterocycles. The minimum Gasteiger partial charge on any atom is -0.457 e. The number of thioether (sulfide) groups is 2. The Morgan fingerprint density at radius 3 is 1.27 bits per heavy atom. The molecule has 0 atom stereocenters. The van der Waals surface area contributed by atoms with Crippen LogP contribution in [-0.2, 0) is 9.59 Å². The monoisotopic (exact) mass is 528 g/mol. The van der Waals surface area contributed by atoms with Gasteiger partial charge >= 0.3 is 0 Å². The molecule has 2 amide bonds. The number of hydrogen-bond donors (Lipinski definition) is 2. The molecule has 0 aliphatic heterocycles. The number of nitrogens with one attached hydrogen (secondary N) is 2. The average Bonchev–Trinajstić information content (AvgIpc) is 2.90. The highest BCUT2D eigenvalue weighted by atomic mass is 32.2. The van der Waals surface area contributed by atoms with Gasteiger partial charge in [-0.1, -0.05) is 35.4 Å². The quantitative estimate of drug-likeness (QED) is 0.208. The second kappa shape index (κ2) is 13.0. The maximum absolute atomic E-state index is 12.3. The summed E-state index contributed by atoms with van der Waals surface area (Å²) in [6.07, 6.45) is 0. The Hall–Kier alpha value is -3.68. The predicted molar refractivity (Wildman–Crippen MR) is 154 cm³/mol. The van der Waals surface area contributed by atoms with Gasteiger partial charge in [0, 0.05) is 21.2 Å². The van der Waals surface area contributed by atoms with Crippen LogP contribution in [0.2, 0.25) is 0 Å². The summed E-state index contributed by atoms with van der Waals surface area (Å²) in [6, 6.07) is 30.7. The van der Waals surface area contributed by atoms with E-state index in [9.17, 15) is 9.59 Å². The fraction of sp³-hybridized carbons (Fsp3) is 0.133. The summed E-state index contributed by atoms with van der Waals surface area (Å²) in [7, 11) is 0. The highest BCUT2D eigenvalue weighted by molar-refractivity contribution is 8.00. The summed E-state index contributed by atoms with van der Waals surface area (Å²) in [4.78, 5) is 26.7. The van der Waals surface area contributed by atoms with Gasteiger partial charge in [0.1, 0.15) is 11.5 Å². The van der Waals surface area contributed by atoms with Crippen molar-refractivity contribution in [2.24, 2.45) is 0 Å². The Kier molecular flexibility index (Phi) is 9.29. The number of rotatable bonds is 10. The maximum atomic E-state index is 12.3. The molecule has 0 fully saturated rings. The third kappa shape index (κ3) is 8.74. The minimum atomic E-state index is -0.0610. The van der Waals surface area contributed by atoms with Crippen molar-refractivity contribution in [2.45, 2.75) is 23.6 Å². The van der Waals surface area contributed by atoms with Gasteiger partial charge in [0.2, 0.25) is 11.8 Å². The van der Waals surface area contributed by atoms with E-state index in [4.69, 9.17) is 4.74 Å². The van der Waals surface area contributed by atoms with E-state index in [1.165, 1.54) is 34.7 Å². The van der Waals surface area contributed by atoms with Crippen molar-refractivity contribution in [1.82, 2.24) is 0 Å². The first-order valence-corrected chi connectivity index (χ1v) is 13.8. The van der Waals surface area contributed by atoms with E-state index in [1.54, 1.807) is 24.3 Å². The zero-order valence-corrected chi connectivity index (χ0v) is 22.3. The smallest absolute Gasteiger partial charge is 0.234 e. The van der Waals surface area contributed by atoms with Gasteiger partial charge in [0.25, 0.3) is 0 Å². The molecule has 2 N–H and O–H groups in total. The van der Waals surface area contributed by atoms with Crippen LogP contribution in [-0.4, -0.2) is 23.3 Å². The molecule has 0 spiro atoms. The molecule has 0 radical (unpaired) electrons. The van der Waals surface area contributed by atoms with Crippen LogP contribution in [0.5, 0.6) is 11.5 Å². The maximum Gasteiger partial charge on any atom is 0.234 e. The molecule has 0 aliphatic carbocycles. The molecular weight excluding hydrogens is 500 g/mol. The van der Waals surface area contributed by atoms with Crippen molar-refractivity contribution in [3.63, 3.8) is 0 Å². The van der Waals surface area contributed by atoms with Crippen LogP contribution in [0.3, 0.4) is 0 Å². The van der Waals surface area contributed by atoms with Crippen LogP contribution in [0.25, 0.3) is 0 Å². The van der Waals surface area contributed by atoms with Crippen LogP contribution in [0, 0.1) is 13.8 Å². The van der Waals surface area contributed by atoms with Gasteiger partial charge in [0.05, 0.1) is 11.5 Å². The molecular formula is C30H28N2O3S2. The summed E-state index contributed by atoms with van der Waals surface area (Å²) in [5, 5.41) is 5.81. The normalized spacial score (nSPS) is 10.5. The fourth-order valence-electron chi connectivity index (χ4n) is 3.31. The van der Waals surface area contributed by atoms with Gasteiger partial charge in [-0.25, -0.2) is 0 Å². The number of amides is 2. The van der Waals surface area contributed by atoms with Crippen molar-refractivity contribution in [1.29, 1.82) is 0 Å². The van der Waals surface area contributed by atoms with Gasteiger partial charge < -0.3 is 15.4 Å². The van der Waals surface area contributed by atoms with Gasteiger partial charge in [0.15, 0.2) is 0 Å². The molecule has 5 nitrogen and oxygen atoms in total. The van der Waals surface area contributed by atoms with Crippen molar-refractivity contribution in [2.75, 3.05) is 22.1 Å². The Morgan fingerprint density at radius 2 is 0.919 bits per heavy atom. The molecule has 37 heavy (non-hydrogen) atoms.